The molecule has 1 heterocycles. The lowest BCUT2D eigenvalue weighted by Crippen LogP contribution is -2.25. The Hall–Kier alpha value is -6.71. The van der Waals surface area contributed by atoms with Crippen LogP contribution >= 0.6 is 0 Å². The van der Waals surface area contributed by atoms with Gasteiger partial charge < -0.3 is 10.3 Å². The molecule has 0 fully saturated rings. The highest BCUT2D eigenvalue weighted by molar-refractivity contribution is 7.93. The second kappa shape index (κ2) is 16.4. The largest absolute Gasteiger partial charge is 0.354 e. The molecule has 6 aromatic rings. The van der Waals surface area contributed by atoms with Crippen molar-refractivity contribution in [3.8, 4) is 11.1 Å². The van der Waals surface area contributed by atoms with E-state index >= 15 is 0 Å². The Morgan fingerprint density at radius 2 is 1.09 bits per heavy atom. The van der Waals surface area contributed by atoms with Gasteiger partial charge in [0, 0.05) is 33.2 Å². The zero-order chi connectivity index (χ0) is 51.6. The van der Waals surface area contributed by atoms with Crippen LogP contribution < -0.4 is 10.9 Å². The molecule has 0 aliphatic heterocycles. The van der Waals surface area contributed by atoms with Crippen LogP contribution in [-0.2, 0) is 60.4 Å². The van der Waals surface area contributed by atoms with E-state index in [1.54, 1.807) is 0 Å². The van der Waals surface area contributed by atoms with Crippen LogP contribution in [-0.4, -0.2) is 107 Å². The van der Waals surface area contributed by atoms with E-state index in [1.165, 1.54) is 24.3 Å². The monoisotopic (exact) mass is 1080 g/mol. The number of nitrogens with one attached hydrogen (secondary N) is 2. The van der Waals surface area contributed by atoms with Gasteiger partial charge in [0.2, 0.25) is 0 Å². The second-order valence-electron chi connectivity index (χ2n) is 15.4. The van der Waals surface area contributed by atoms with Crippen LogP contribution in [0.2, 0.25) is 0 Å². The molecular weight excluding hydrogens is 1050 g/mol. The van der Waals surface area contributed by atoms with E-state index in [-0.39, 0.29) is 23.3 Å². The number of hydrogen-bond acceptors (Lipinski definition) is 18. The number of pyridine rings is 1. The SMILES string of the molecule is O=C(c1cccc(S(=O)(=O)O)c1)c1c2c3c(c(Nc4cc(S(=O)(=O)CCC5C(=O)c6ccccc6C5=O)c(S(=O)(=O)O)cc4S(=O)(=O)O)cc(S(=O)(=O)O)c3[nH]c1=O)C(=O)c1cc(S(=O)(=O)O)ccc1-2. The molecule has 30 heteroatoms. The van der Waals surface area contributed by atoms with Crippen LogP contribution in [0.1, 0.15) is 59.0 Å². The maximum Gasteiger partial charge on any atom is 0.296 e. The van der Waals surface area contributed by atoms with Gasteiger partial charge in [-0.2, -0.15) is 42.1 Å². The fourth-order valence-electron chi connectivity index (χ4n) is 8.13. The molecule has 0 saturated heterocycles. The zero-order valence-corrected chi connectivity index (χ0v) is 39.1. The summed E-state index contributed by atoms with van der Waals surface area (Å²) in [7, 11) is -32.9. The number of benzene rings is 5. The average Bonchev–Trinajstić information content (AvgIpc) is 3.50. The highest BCUT2D eigenvalue weighted by Crippen LogP contribution is 2.47. The van der Waals surface area contributed by atoms with Crippen molar-refractivity contribution in [3.05, 3.63) is 129 Å². The maximum absolute atomic E-state index is 14.7. The molecule has 364 valence electrons. The summed E-state index contributed by atoms with van der Waals surface area (Å²) in [5, 5.41) is 1.34. The minimum absolute atomic E-state index is 0.0532. The number of hydrogen-bond donors (Lipinski definition) is 7. The molecule has 0 bridgehead atoms. The van der Waals surface area contributed by atoms with E-state index in [9.17, 15) is 97.2 Å². The number of sulfone groups is 1. The first kappa shape index (κ1) is 49.7. The summed E-state index contributed by atoms with van der Waals surface area (Å²) in [5.74, 6) is -7.35. The number of carbonyl (C=O) groups is 4. The molecule has 0 radical (unpaired) electrons. The van der Waals surface area contributed by atoms with Gasteiger partial charge in [-0.25, -0.2) is 8.42 Å². The number of H-pyrrole nitrogens is 1. The molecule has 70 heavy (non-hydrogen) atoms. The van der Waals surface area contributed by atoms with Crippen LogP contribution in [0.25, 0.3) is 22.0 Å². The average molecular weight is 1080 g/mol. The van der Waals surface area contributed by atoms with E-state index in [4.69, 9.17) is 0 Å². The number of carbonyl (C=O) groups excluding carboxylic acids is 4. The minimum atomic E-state index is -5.84. The smallest absolute Gasteiger partial charge is 0.296 e. The molecule has 0 amide bonds. The number of fused-ring (bicyclic) bond motifs is 3. The van der Waals surface area contributed by atoms with Gasteiger partial charge in [0.05, 0.1) is 54.4 Å². The van der Waals surface area contributed by atoms with E-state index in [1.807, 2.05) is 4.98 Å². The molecule has 0 spiro atoms. The van der Waals surface area contributed by atoms with Crippen molar-refractivity contribution >= 4 is 106 Å². The van der Waals surface area contributed by atoms with Gasteiger partial charge in [-0.15, -0.1) is 0 Å². The molecule has 1 aromatic heterocycles. The summed E-state index contributed by atoms with van der Waals surface area (Å²) in [4.78, 5) is 63.3. The zero-order valence-electron chi connectivity index (χ0n) is 34.2. The van der Waals surface area contributed by atoms with Gasteiger partial charge in [-0.3, -0.25) is 46.7 Å². The van der Waals surface area contributed by atoms with Crippen molar-refractivity contribution in [2.75, 3.05) is 11.1 Å². The second-order valence-corrected chi connectivity index (χ2v) is 24.5. The van der Waals surface area contributed by atoms with Crippen molar-refractivity contribution in [2.45, 2.75) is 35.8 Å². The highest BCUT2D eigenvalue weighted by Gasteiger charge is 2.41. The summed E-state index contributed by atoms with van der Waals surface area (Å²) in [6.07, 6.45) is -0.823. The first-order chi connectivity index (χ1) is 32.2. The first-order valence-electron chi connectivity index (χ1n) is 19.1. The van der Waals surface area contributed by atoms with Crippen LogP contribution in [0.4, 0.5) is 11.4 Å². The van der Waals surface area contributed by atoms with Crippen LogP contribution in [0.5, 0.6) is 0 Å². The summed E-state index contributed by atoms with van der Waals surface area (Å²) in [6, 6.07) is 11.2. The minimum Gasteiger partial charge on any atom is -0.354 e. The molecular formula is C40H26N2O22S6. The van der Waals surface area contributed by atoms with Crippen LogP contribution in [0.15, 0.2) is 119 Å². The lowest BCUT2D eigenvalue weighted by Gasteiger charge is -2.26. The summed E-state index contributed by atoms with van der Waals surface area (Å²) < 4.78 is 205. The van der Waals surface area contributed by atoms with E-state index < -0.39 is 192 Å². The Labute approximate surface area is 393 Å². The quantitative estimate of drug-likeness (QED) is 0.0496. The lowest BCUT2D eigenvalue weighted by atomic mass is 9.80. The van der Waals surface area contributed by atoms with Gasteiger partial charge >= 0.3 is 0 Å². The molecule has 5 aromatic carbocycles. The lowest BCUT2D eigenvalue weighted by molar-refractivity contribution is 0.0834. The van der Waals surface area contributed by atoms with Gasteiger partial charge in [0.25, 0.3) is 56.1 Å². The van der Waals surface area contributed by atoms with E-state index in [0.29, 0.717) is 24.3 Å². The topological polar surface area (TPSA) is 419 Å². The Morgan fingerprint density at radius 3 is 1.64 bits per heavy atom. The third kappa shape index (κ3) is 8.56. The molecule has 24 nitrogen and oxygen atoms in total. The van der Waals surface area contributed by atoms with Gasteiger partial charge in [0.1, 0.15) is 14.7 Å². The van der Waals surface area contributed by atoms with E-state index in [2.05, 4.69) is 5.32 Å². The fraction of sp³-hybridized carbons (Fsp3) is 0.0750. The summed E-state index contributed by atoms with van der Waals surface area (Å²) in [5.41, 5.74) is -9.83. The Bertz CT molecular complexity index is 4210. The standard InChI is InChI=1S/C40H26N2O22S6/c43-36(17-4-3-5-18(12-17)66(50,51)52)34-31-20-9-8-19(67(53,54)55)13-24(20)39(46)32-26(15-30(70(62,63)64)35(33(31)32)42-40(34)47)41-25-14-28(29(69(59,60)61)16-27(25)68(56,57)58)65(48,49)11-10-23-37(44)21-6-1-2-7-22(21)38(23)45/h1-9,12-16,23,41H,10-11H2,(H,42,47)(H,50,51,52)(H,53,54,55)(H,56,57,58)(H,59,60,61)(H,62,63,64). The number of aromatic amines is 1. The third-order valence-electron chi connectivity index (χ3n) is 11.2. The maximum atomic E-state index is 14.7. The number of anilines is 2. The molecule has 2 aliphatic carbocycles. The summed E-state index contributed by atoms with van der Waals surface area (Å²) >= 11 is 0. The number of ketones is 4. The van der Waals surface area contributed by atoms with Gasteiger partial charge in [-0.1, -0.05) is 42.5 Å². The van der Waals surface area contributed by atoms with Crippen molar-refractivity contribution < 1.29 is 92.4 Å². The predicted octanol–water partition coefficient (Wildman–Crippen LogP) is 2.81. The van der Waals surface area contributed by atoms with Gasteiger partial charge in [-0.05, 0) is 54.4 Å². The van der Waals surface area contributed by atoms with Crippen molar-refractivity contribution in [1.29, 1.82) is 0 Å². The van der Waals surface area contributed by atoms with Crippen LogP contribution in [0.3, 0.4) is 0 Å². The van der Waals surface area contributed by atoms with Crippen molar-refractivity contribution in [1.82, 2.24) is 4.98 Å². The molecule has 0 saturated carbocycles. The van der Waals surface area contributed by atoms with Crippen molar-refractivity contribution in [2.24, 2.45) is 5.92 Å². The highest BCUT2D eigenvalue weighted by atomic mass is 32.2. The Kier molecular flexibility index (Phi) is 11.7. The Morgan fingerprint density at radius 1 is 0.529 bits per heavy atom. The molecule has 0 atom stereocenters. The molecule has 8 rings (SSSR count). The third-order valence-corrected chi connectivity index (χ3v) is 17.4. The first-order valence-corrected chi connectivity index (χ1v) is 27.9. The number of aromatic nitrogens is 1. The number of Topliss-reactive ketones (excluding diaryl/α,β-unsaturated/α-hetero) is 2. The molecule has 2 aliphatic rings. The fourth-order valence-corrected chi connectivity index (χ4v) is 13.3. The normalized spacial score (nSPS) is 14.4. The summed E-state index contributed by atoms with van der Waals surface area (Å²) in [6.45, 7) is 0. The van der Waals surface area contributed by atoms with Gasteiger partial charge in [0.15, 0.2) is 33.0 Å². The molecule has 0 unspecified atom stereocenters. The Balaban J connectivity index is 1.42. The van der Waals surface area contributed by atoms with Crippen LogP contribution in [0, 0.1) is 5.92 Å². The molecule has 7 N–H and O–H groups in total. The van der Waals surface area contributed by atoms with E-state index in [0.717, 1.165) is 24.3 Å². The predicted molar refractivity (Wildman–Crippen MR) is 237 cm³/mol. The van der Waals surface area contributed by atoms with Crippen molar-refractivity contribution in [3.63, 3.8) is 0 Å². The number of rotatable bonds is 13.